The molecule has 2 aliphatic rings. The lowest BCUT2D eigenvalue weighted by Crippen LogP contribution is -2.50. The number of aromatic nitrogens is 3. The van der Waals surface area contributed by atoms with Gasteiger partial charge in [-0.1, -0.05) is 0 Å². The summed E-state index contributed by atoms with van der Waals surface area (Å²) >= 11 is 0. The summed E-state index contributed by atoms with van der Waals surface area (Å²) < 4.78 is 64.0. The zero-order chi connectivity index (χ0) is 31.9. The first-order chi connectivity index (χ1) is 20.7. The van der Waals surface area contributed by atoms with E-state index in [1.165, 1.54) is 31.6 Å². The molecule has 2 aliphatic heterocycles. The highest BCUT2D eigenvalue weighted by Gasteiger charge is 2.36. The fraction of sp³-hybridized carbons (Fsp3) is 0.467. The largest absolute Gasteiger partial charge is 0.417 e. The second-order valence-corrected chi connectivity index (χ2v) is 11.6. The molecule has 1 aromatic carbocycles. The molecule has 0 saturated carbocycles. The summed E-state index contributed by atoms with van der Waals surface area (Å²) in [5, 5.41) is 2.58. The van der Waals surface area contributed by atoms with E-state index < -0.39 is 34.6 Å². The number of aryl methyl sites for hydroxylation is 1. The Morgan fingerprint density at radius 3 is 2.25 bits per heavy atom. The average Bonchev–Trinajstić information content (AvgIpc) is 2.95. The molecule has 3 unspecified atom stereocenters. The summed E-state index contributed by atoms with van der Waals surface area (Å²) in [4.78, 5) is 40.3. The zero-order valence-corrected chi connectivity index (χ0v) is 25.2. The molecule has 1 N–H and O–H groups in total. The van der Waals surface area contributed by atoms with Crippen molar-refractivity contribution in [3.8, 4) is 11.1 Å². The Kier molecular flexibility index (Phi) is 8.67. The number of ether oxygens (including phenoxy) is 1. The summed E-state index contributed by atoms with van der Waals surface area (Å²) in [6.07, 6.45) is -1.17. The molecule has 5 rings (SSSR count). The summed E-state index contributed by atoms with van der Waals surface area (Å²) in [5.41, 5.74) is -2.16. The predicted octanol–water partition coefficient (Wildman–Crippen LogP) is 4.01. The molecule has 3 atom stereocenters. The topological polar surface area (TPSA) is 95.8 Å². The minimum atomic E-state index is -4.95. The van der Waals surface area contributed by atoms with Gasteiger partial charge in [-0.2, -0.15) is 13.2 Å². The molecule has 2 fully saturated rings. The van der Waals surface area contributed by atoms with Crippen LogP contribution in [-0.2, 0) is 18.0 Å². The summed E-state index contributed by atoms with van der Waals surface area (Å²) in [7, 11) is 3.23. The van der Waals surface area contributed by atoms with Crippen molar-refractivity contribution in [2.75, 3.05) is 54.9 Å². The van der Waals surface area contributed by atoms with Gasteiger partial charge in [-0.25, -0.2) is 14.4 Å². The quantitative estimate of drug-likeness (QED) is 0.430. The first-order valence-electron chi connectivity index (χ1n) is 14.3. The van der Waals surface area contributed by atoms with Gasteiger partial charge < -0.3 is 29.3 Å². The number of morpholine rings is 1. The Labute approximate surface area is 252 Å². The van der Waals surface area contributed by atoms with Crippen molar-refractivity contribution in [2.24, 2.45) is 7.05 Å². The van der Waals surface area contributed by atoms with Crippen molar-refractivity contribution in [1.82, 2.24) is 19.4 Å². The normalized spacial score (nSPS) is 21.4. The number of benzene rings is 1. The molecule has 1 amide bonds. The Morgan fingerprint density at radius 1 is 0.977 bits per heavy atom. The van der Waals surface area contributed by atoms with Crippen LogP contribution in [0.4, 0.5) is 34.9 Å². The maximum atomic E-state index is 15.8. The molecular formula is C30H35F4N7O3. The zero-order valence-electron chi connectivity index (χ0n) is 25.2. The van der Waals surface area contributed by atoms with Gasteiger partial charge >= 0.3 is 6.18 Å². The van der Waals surface area contributed by atoms with Crippen LogP contribution in [0, 0.1) is 5.82 Å². The molecular weight excluding hydrogens is 582 g/mol. The molecule has 2 aromatic heterocycles. The van der Waals surface area contributed by atoms with Crippen LogP contribution in [-0.4, -0.2) is 83.4 Å². The minimum absolute atomic E-state index is 0.0135. The number of likely N-dealkylation sites (N-methyl/N-ethyl adjacent to an activating group) is 1. The molecule has 236 valence electrons. The van der Waals surface area contributed by atoms with Gasteiger partial charge in [-0.05, 0) is 40.0 Å². The van der Waals surface area contributed by atoms with E-state index >= 15 is 4.39 Å². The van der Waals surface area contributed by atoms with E-state index in [9.17, 15) is 22.8 Å². The van der Waals surface area contributed by atoms with Crippen LogP contribution in [0.15, 0.2) is 41.6 Å². The number of pyridine rings is 1. The lowest BCUT2D eigenvalue weighted by molar-refractivity contribution is -0.138. The molecule has 2 saturated heterocycles. The van der Waals surface area contributed by atoms with E-state index in [0.29, 0.717) is 56.0 Å². The summed E-state index contributed by atoms with van der Waals surface area (Å²) in [5.74, 6) is -1.23. The number of nitrogens with one attached hydrogen (secondary N) is 1. The molecule has 10 nitrogen and oxygen atoms in total. The fourth-order valence-corrected chi connectivity index (χ4v) is 5.61. The minimum Gasteiger partial charge on any atom is -0.372 e. The van der Waals surface area contributed by atoms with E-state index in [1.54, 1.807) is 0 Å². The molecule has 0 radical (unpaired) electrons. The van der Waals surface area contributed by atoms with E-state index in [2.05, 4.69) is 20.2 Å². The number of piperazine rings is 1. The number of anilines is 3. The van der Waals surface area contributed by atoms with Gasteiger partial charge in [0.2, 0.25) is 5.95 Å². The average molecular weight is 618 g/mol. The molecule has 4 heterocycles. The van der Waals surface area contributed by atoms with Crippen LogP contribution >= 0.6 is 0 Å². The van der Waals surface area contributed by atoms with Crippen molar-refractivity contribution in [3.63, 3.8) is 0 Å². The highest BCUT2D eigenvalue weighted by molar-refractivity contribution is 6.07. The number of hydrogen-bond donors (Lipinski definition) is 1. The highest BCUT2D eigenvalue weighted by atomic mass is 19.4. The van der Waals surface area contributed by atoms with E-state index in [4.69, 9.17) is 4.74 Å². The first-order valence-corrected chi connectivity index (χ1v) is 14.3. The van der Waals surface area contributed by atoms with Crippen LogP contribution in [0.1, 0.15) is 36.7 Å². The van der Waals surface area contributed by atoms with Gasteiger partial charge in [0.1, 0.15) is 5.82 Å². The SMILES string of the molecule is CC1CN(c2ncc(-c3cc(NC(=O)c4cn(C)c(=O)cc4C(F)(F)F)c(N4CCN(C)C(C)C4)cc3F)cn2)CC(C)O1. The van der Waals surface area contributed by atoms with Crippen molar-refractivity contribution < 1.29 is 27.1 Å². The number of carbonyl (C=O) groups is 1. The van der Waals surface area contributed by atoms with Gasteiger partial charge in [-0.3, -0.25) is 9.59 Å². The van der Waals surface area contributed by atoms with E-state index in [-0.39, 0.29) is 29.5 Å². The number of hydrogen-bond acceptors (Lipinski definition) is 8. The van der Waals surface area contributed by atoms with Gasteiger partial charge in [-0.15, -0.1) is 0 Å². The summed E-state index contributed by atoms with van der Waals surface area (Å²) in [6, 6.07) is 3.15. The van der Waals surface area contributed by atoms with E-state index in [0.717, 1.165) is 10.8 Å². The van der Waals surface area contributed by atoms with Gasteiger partial charge in [0, 0.05) is 81.6 Å². The second-order valence-electron chi connectivity index (χ2n) is 11.6. The van der Waals surface area contributed by atoms with Gasteiger partial charge in [0.25, 0.3) is 11.5 Å². The number of rotatable bonds is 5. The second kappa shape index (κ2) is 12.2. The Morgan fingerprint density at radius 2 is 1.64 bits per heavy atom. The standard InChI is InChI=1S/C30H35F4N7O3/c1-17-13-40(7-6-38(17)4)26-10-24(31)21(20-11-35-29(36-12-20)41-14-18(2)44-19(3)15-41)8-25(26)37-28(43)22-16-39(5)27(42)9-23(22)30(32,33)34/h8-12,16-19H,6-7,13-15H2,1-5H3,(H,37,43). The highest BCUT2D eigenvalue weighted by Crippen LogP contribution is 2.37. The third kappa shape index (κ3) is 6.55. The van der Waals surface area contributed by atoms with Crippen LogP contribution in [0.5, 0.6) is 0 Å². The first kappa shape index (κ1) is 31.4. The molecule has 0 aliphatic carbocycles. The third-order valence-corrected chi connectivity index (χ3v) is 8.06. The van der Waals surface area contributed by atoms with Crippen LogP contribution in [0.2, 0.25) is 0 Å². The third-order valence-electron chi connectivity index (χ3n) is 8.06. The Balaban J connectivity index is 1.54. The smallest absolute Gasteiger partial charge is 0.372 e. The van der Waals surface area contributed by atoms with Crippen LogP contribution < -0.4 is 20.7 Å². The Hall–Kier alpha value is -4.04. The van der Waals surface area contributed by atoms with Crippen LogP contribution in [0.25, 0.3) is 11.1 Å². The van der Waals surface area contributed by atoms with Gasteiger partial charge in [0.05, 0.1) is 34.7 Å². The number of amides is 1. The molecule has 0 spiro atoms. The number of halogens is 4. The Bertz CT molecular complexity index is 1590. The number of nitrogens with zero attached hydrogens (tertiary/aromatic N) is 6. The van der Waals surface area contributed by atoms with Crippen molar-refractivity contribution in [2.45, 2.75) is 45.2 Å². The summed E-state index contributed by atoms with van der Waals surface area (Å²) in [6.45, 7) is 8.77. The molecule has 0 bridgehead atoms. The molecule has 44 heavy (non-hydrogen) atoms. The lowest BCUT2D eigenvalue weighted by Gasteiger charge is -2.39. The predicted molar refractivity (Wildman–Crippen MR) is 159 cm³/mol. The molecule has 14 heteroatoms. The van der Waals surface area contributed by atoms with Crippen molar-refractivity contribution in [3.05, 3.63) is 64.1 Å². The van der Waals surface area contributed by atoms with Crippen molar-refractivity contribution >= 4 is 23.2 Å². The van der Waals surface area contributed by atoms with Gasteiger partial charge in [0.15, 0.2) is 0 Å². The fourth-order valence-electron chi connectivity index (χ4n) is 5.61. The maximum Gasteiger partial charge on any atom is 0.417 e. The monoisotopic (exact) mass is 617 g/mol. The number of carbonyl (C=O) groups excluding carboxylic acids is 1. The molecule has 3 aromatic rings. The van der Waals surface area contributed by atoms with E-state index in [1.807, 2.05) is 37.6 Å². The van der Waals surface area contributed by atoms with Crippen molar-refractivity contribution in [1.29, 1.82) is 0 Å². The number of alkyl halides is 3. The maximum absolute atomic E-state index is 15.8. The van der Waals surface area contributed by atoms with Crippen LogP contribution in [0.3, 0.4) is 0 Å². The lowest BCUT2D eigenvalue weighted by atomic mass is 10.0.